The third-order valence-electron chi connectivity index (χ3n) is 2.75. The smallest absolute Gasteiger partial charge is 0.466 e. The number of esters is 2. The molecule has 0 bridgehead atoms. The average Bonchev–Trinajstić information content (AvgIpc) is 2.51. The fraction of sp³-hybridized carbons (Fsp3) is 0.600. The number of phosphoric ester groups is 1. The molecule has 24 heavy (non-hydrogen) atoms. The van der Waals surface area contributed by atoms with Crippen LogP contribution in [0, 0.1) is 0 Å². The minimum absolute atomic E-state index is 0.0120. The lowest BCUT2D eigenvalue weighted by Gasteiger charge is -2.23. The number of carbonyl (C=O) groups excluding carboxylic acids is 2. The lowest BCUT2D eigenvalue weighted by atomic mass is 10.2. The highest BCUT2D eigenvalue weighted by Crippen LogP contribution is 2.54. The van der Waals surface area contributed by atoms with Crippen molar-refractivity contribution in [1.29, 1.82) is 0 Å². The van der Waals surface area contributed by atoms with Gasteiger partial charge in [-0.1, -0.05) is 13.8 Å². The number of ether oxygens (including phenoxy) is 2. The van der Waals surface area contributed by atoms with Gasteiger partial charge in [-0.25, -0.2) is 14.2 Å². The third-order valence-corrected chi connectivity index (χ3v) is 4.32. The number of methoxy groups -OCH3 is 2. The Balaban J connectivity index is 5.39. The maximum absolute atomic E-state index is 12.8. The van der Waals surface area contributed by atoms with Gasteiger partial charge in [-0.05, 0) is 26.7 Å². The predicted molar refractivity (Wildman–Crippen MR) is 86.8 cm³/mol. The van der Waals surface area contributed by atoms with Crippen molar-refractivity contribution in [2.45, 2.75) is 46.6 Å². The zero-order chi connectivity index (χ0) is 18.8. The number of phosphoric acid groups is 1. The van der Waals surface area contributed by atoms with Gasteiger partial charge in [-0.3, -0.25) is 4.52 Å². The Morgan fingerprint density at radius 3 is 1.58 bits per heavy atom. The van der Waals surface area contributed by atoms with Crippen molar-refractivity contribution in [2.24, 2.45) is 0 Å². The van der Waals surface area contributed by atoms with Crippen molar-refractivity contribution in [3.05, 3.63) is 23.7 Å². The minimum Gasteiger partial charge on any atom is -0.466 e. The van der Waals surface area contributed by atoms with E-state index in [0.717, 1.165) is 12.2 Å². The standard InChI is InChI=1S/C15H25O8P/c1-7-13(8-2)23-24(18,21-11(3)9-14(16)19-5)22-12(4)10-15(17)20-6/h9-10,13H,7-8H2,1-6H3/b11-9+,12-10+. The first-order valence-electron chi connectivity index (χ1n) is 7.39. The summed E-state index contributed by atoms with van der Waals surface area (Å²) in [5, 5.41) is 0. The van der Waals surface area contributed by atoms with Gasteiger partial charge >= 0.3 is 19.8 Å². The van der Waals surface area contributed by atoms with Crippen LogP contribution in [0.4, 0.5) is 0 Å². The molecule has 0 aliphatic heterocycles. The van der Waals surface area contributed by atoms with Gasteiger partial charge in [0.15, 0.2) is 0 Å². The summed E-state index contributed by atoms with van der Waals surface area (Å²) >= 11 is 0. The van der Waals surface area contributed by atoms with E-state index in [4.69, 9.17) is 13.6 Å². The summed E-state index contributed by atoms with van der Waals surface area (Å²) in [5.74, 6) is -1.38. The molecule has 0 atom stereocenters. The molecule has 0 radical (unpaired) electrons. The lowest BCUT2D eigenvalue weighted by molar-refractivity contribution is -0.135. The van der Waals surface area contributed by atoms with Gasteiger partial charge in [0, 0.05) is 0 Å². The van der Waals surface area contributed by atoms with Gasteiger partial charge in [0.25, 0.3) is 0 Å². The number of allylic oxidation sites excluding steroid dienone is 2. The Bertz CT molecular complexity index is 496. The largest absolute Gasteiger partial charge is 0.587 e. The van der Waals surface area contributed by atoms with Crippen molar-refractivity contribution >= 4 is 19.8 Å². The molecule has 0 aromatic heterocycles. The highest BCUT2D eigenvalue weighted by molar-refractivity contribution is 7.48. The highest BCUT2D eigenvalue weighted by atomic mass is 31.2. The summed E-state index contributed by atoms with van der Waals surface area (Å²) < 4.78 is 37.6. The molecule has 8 nitrogen and oxygen atoms in total. The molecular formula is C15H25O8P. The fourth-order valence-corrected chi connectivity index (χ4v) is 3.13. The van der Waals surface area contributed by atoms with Crippen LogP contribution in [-0.2, 0) is 37.2 Å². The van der Waals surface area contributed by atoms with Crippen molar-refractivity contribution < 1.29 is 37.2 Å². The lowest BCUT2D eigenvalue weighted by Crippen LogP contribution is -2.11. The van der Waals surface area contributed by atoms with E-state index in [1.54, 1.807) is 0 Å². The number of hydrogen-bond acceptors (Lipinski definition) is 8. The molecule has 9 heteroatoms. The maximum Gasteiger partial charge on any atom is 0.587 e. The zero-order valence-electron chi connectivity index (χ0n) is 14.9. The van der Waals surface area contributed by atoms with Crippen LogP contribution in [0.15, 0.2) is 23.7 Å². The van der Waals surface area contributed by atoms with E-state index in [9.17, 15) is 14.2 Å². The van der Waals surface area contributed by atoms with Gasteiger partial charge in [-0.2, -0.15) is 0 Å². The zero-order valence-corrected chi connectivity index (χ0v) is 15.8. The van der Waals surface area contributed by atoms with E-state index in [2.05, 4.69) is 9.47 Å². The van der Waals surface area contributed by atoms with Crippen LogP contribution in [0.5, 0.6) is 0 Å². The monoisotopic (exact) mass is 364 g/mol. The van der Waals surface area contributed by atoms with Crippen LogP contribution in [-0.4, -0.2) is 32.3 Å². The third kappa shape index (κ3) is 8.74. The molecule has 0 spiro atoms. The molecule has 0 rings (SSSR count). The number of hydrogen-bond donors (Lipinski definition) is 0. The van der Waals surface area contributed by atoms with Gasteiger partial charge in [0.2, 0.25) is 0 Å². The van der Waals surface area contributed by atoms with Crippen LogP contribution in [0.1, 0.15) is 40.5 Å². The fourth-order valence-electron chi connectivity index (χ4n) is 1.54. The summed E-state index contributed by atoms with van der Waals surface area (Å²) in [6.45, 7) is 6.52. The summed E-state index contributed by atoms with van der Waals surface area (Å²) in [5.41, 5.74) is 0. The van der Waals surface area contributed by atoms with Crippen molar-refractivity contribution in [3.8, 4) is 0 Å². The molecule has 0 amide bonds. The first kappa shape index (κ1) is 22.2. The predicted octanol–water partition coefficient (Wildman–Crippen LogP) is 3.49. The first-order chi connectivity index (χ1) is 11.2. The van der Waals surface area contributed by atoms with Gasteiger partial charge < -0.3 is 18.5 Å². The van der Waals surface area contributed by atoms with E-state index in [1.165, 1.54) is 28.1 Å². The van der Waals surface area contributed by atoms with E-state index in [0.29, 0.717) is 12.8 Å². The van der Waals surface area contributed by atoms with E-state index >= 15 is 0 Å². The first-order valence-corrected chi connectivity index (χ1v) is 8.85. The Morgan fingerprint density at radius 1 is 0.917 bits per heavy atom. The Morgan fingerprint density at radius 2 is 1.29 bits per heavy atom. The van der Waals surface area contributed by atoms with Crippen molar-refractivity contribution in [3.63, 3.8) is 0 Å². The second kappa shape index (κ2) is 10.9. The van der Waals surface area contributed by atoms with Crippen LogP contribution >= 0.6 is 7.82 Å². The summed E-state index contributed by atoms with van der Waals surface area (Å²) in [7, 11) is -1.71. The minimum atomic E-state index is -4.11. The van der Waals surface area contributed by atoms with Crippen molar-refractivity contribution in [1.82, 2.24) is 0 Å². The molecule has 0 unspecified atom stereocenters. The molecule has 0 aromatic rings. The molecule has 138 valence electrons. The van der Waals surface area contributed by atoms with E-state index in [1.807, 2.05) is 13.8 Å². The second-order valence-electron chi connectivity index (χ2n) is 4.73. The SMILES string of the molecule is CCC(CC)OP(=O)(O/C(C)=C/C(=O)OC)O/C(C)=C/C(=O)OC. The Hall–Kier alpha value is -1.79. The summed E-state index contributed by atoms with van der Waals surface area (Å²) in [4.78, 5) is 22.5. The van der Waals surface area contributed by atoms with Crippen LogP contribution in [0.25, 0.3) is 0 Å². The molecule has 0 aliphatic carbocycles. The molecule has 0 aromatic carbocycles. The van der Waals surface area contributed by atoms with Crippen LogP contribution < -0.4 is 0 Å². The van der Waals surface area contributed by atoms with E-state index in [-0.39, 0.29) is 17.6 Å². The molecule has 0 fully saturated rings. The molecular weight excluding hydrogens is 339 g/mol. The van der Waals surface area contributed by atoms with Crippen LogP contribution in [0.2, 0.25) is 0 Å². The molecule has 0 aliphatic rings. The summed E-state index contributed by atoms with van der Waals surface area (Å²) in [6, 6.07) is 0. The Kier molecular flexibility index (Phi) is 10.1. The number of carbonyl (C=O) groups is 2. The maximum atomic E-state index is 12.8. The average molecular weight is 364 g/mol. The second-order valence-corrected chi connectivity index (χ2v) is 6.20. The molecule has 0 N–H and O–H groups in total. The molecule has 0 saturated heterocycles. The Labute approximate surface area is 142 Å². The van der Waals surface area contributed by atoms with Gasteiger partial charge in [0.05, 0.1) is 32.5 Å². The highest BCUT2D eigenvalue weighted by Gasteiger charge is 2.34. The van der Waals surface area contributed by atoms with E-state index < -0.39 is 19.8 Å². The van der Waals surface area contributed by atoms with Crippen molar-refractivity contribution in [2.75, 3.05) is 14.2 Å². The van der Waals surface area contributed by atoms with Crippen LogP contribution in [0.3, 0.4) is 0 Å². The topological polar surface area (TPSA) is 97.4 Å². The number of rotatable bonds is 10. The molecule has 0 heterocycles. The summed E-state index contributed by atoms with van der Waals surface area (Å²) in [6.07, 6.45) is 2.78. The quantitative estimate of drug-likeness (QED) is 0.251. The van der Waals surface area contributed by atoms with Gasteiger partial charge in [0.1, 0.15) is 11.5 Å². The van der Waals surface area contributed by atoms with Gasteiger partial charge in [-0.15, -0.1) is 0 Å². The normalized spacial score (nSPS) is 12.8. The molecule has 0 saturated carbocycles.